The topological polar surface area (TPSA) is 58.4 Å². The number of hydrogen-bond donors (Lipinski definition) is 0. The zero-order valence-electron chi connectivity index (χ0n) is 14.7. The maximum Gasteiger partial charge on any atom is 0.262 e. The minimum Gasteiger partial charge on any atom is -0.339 e. The quantitative estimate of drug-likeness (QED) is 0.846. The molecule has 1 saturated heterocycles. The van der Waals surface area contributed by atoms with E-state index in [9.17, 15) is 9.59 Å². The number of carbonyl (C=O) groups is 1. The van der Waals surface area contributed by atoms with Crippen LogP contribution in [-0.4, -0.2) is 57.5 Å². The van der Waals surface area contributed by atoms with Crippen LogP contribution in [0, 0.1) is 13.8 Å². The summed E-state index contributed by atoms with van der Waals surface area (Å²) in [6.07, 6.45) is 1.50. The Morgan fingerprint density at radius 3 is 2.54 bits per heavy atom. The van der Waals surface area contributed by atoms with Crippen molar-refractivity contribution in [2.45, 2.75) is 40.3 Å². The largest absolute Gasteiger partial charge is 0.339 e. The smallest absolute Gasteiger partial charge is 0.262 e. The van der Waals surface area contributed by atoms with Crippen LogP contribution in [0.2, 0.25) is 0 Å². The second-order valence-electron chi connectivity index (χ2n) is 6.65. The summed E-state index contributed by atoms with van der Waals surface area (Å²) in [5.74, 6) is -0.00809. The summed E-state index contributed by atoms with van der Waals surface area (Å²) >= 11 is 1.53. The Balaban J connectivity index is 1.76. The fourth-order valence-corrected chi connectivity index (χ4v) is 4.10. The van der Waals surface area contributed by atoms with Crippen molar-refractivity contribution in [1.82, 2.24) is 19.4 Å². The van der Waals surface area contributed by atoms with Gasteiger partial charge < -0.3 is 4.90 Å². The summed E-state index contributed by atoms with van der Waals surface area (Å²) in [7, 11) is 0. The van der Waals surface area contributed by atoms with Crippen molar-refractivity contribution in [2.75, 3.05) is 26.2 Å². The van der Waals surface area contributed by atoms with E-state index in [1.807, 2.05) is 18.7 Å². The van der Waals surface area contributed by atoms with Crippen LogP contribution in [0.5, 0.6) is 0 Å². The van der Waals surface area contributed by atoms with Crippen LogP contribution in [0.3, 0.4) is 0 Å². The van der Waals surface area contributed by atoms with E-state index in [0.717, 1.165) is 41.5 Å². The van der Waals surface area contributed by atoms with Crippen molar-refractivity contribution < 1.29 is 4.79 Å². The van der Waals surface area contributed by atoms with Crippen LogP contribution in [0.25, 0.3) is 10.2 Å². The van der Waals surface area contributed by atoms with Crippen molar-refractivity contribution in [1.29, 1.82) is 0 Å². The number of fused-ring (bicyclic) bond motifs is 1. The van der Waals surface area contributed by atoms with Gasteiger partial charge in [0.15, 0.2) is 0 Å². The third-order valence-corrected chi connectivity index (χ3v) is 5.97. The van der Waals surface area contributed by atoms with E-state index in [1.54, 1.807) is 0 Å². The lowest BCUT2D eigenvalue weighted by atomic mass is 10.2. The van der Waals surface area contributed by atoms with Crippen molar-refractivity contribution in [2.24, 2.45) is 0 Å². The van der Waals surface area contributed by atoms with Gasteiger partial charge in [-0.3, -0.25) is 19.1 Å². The zero-order valence-corrected chi connectivity index (χ0v) is 15.5. The number of carbonyl (C=O) groups excluding carboxylic acids is 1. The first-order chi connectivity index (χ1) is 11.4. The molecule has 2 aromatic heterocycles. The molecule has 6 nitrogen and oxygen atoms in total. The van der Waals surface area contributed by atoms with E-state index >= 15 is 0 Å². The summed E-state index contributed by atoms with van der Waals surface area (Å²) < 4.78 is 1.44. The Morgan fingerprint density at radius 1 is 1.25 bits per heavy atom. The molecule has 130 valence electrons. The van der Waals surface area contributed by atoms with E-state index in [2.05, 4.69) is 23.7 Å². The molecule has 0 aliphatic carbocycles. The van der Waals surface area contributed by atoms with Crippen molar-refractivity contribution in [3.63, 3.8) is 0 Å². The number of aryl methyl sites for hydroxylation is 2. The summed E-state index contributed by atoms with van der Waals surface area (Å²) in [5.41, 5.74) is 0.857. The van der Waals surface area contributed by atoms with Gasteiger partial charge in [0.2, 0.25) is 5.91 Å². The van der Waals surface area contributed by atoms with E-state index in [4.69, 9.17) is 0 Å². The summed E-state index contributed by atoms with van der Waals surface area (Å²) in [4.78, 5) is 35.6. The molecule has 24 heavy (non-hydrogen) atoms. The molecule has 0 N–H and O–H groups in total. The maximum atomic E-state index is 12.7. The van der Waals surface area contributed by atoms with Gasteiger partial charge in [-0.25, -0.2) is 4.98 Å². The Bertz CT molecular complexity index is 816. The van der Waals surface area contributed by atoms with Crippen molar-refractivity contribution in [3.8, 4) is 0 Å². The normalized spacial score (nSPS) is 16.3. The van der Waals surface area contributed by atoms with Crippen LogP contribution in [0.15, 0.2) is 11.1 Å². The number of nitrogens with zero attached hydrogens (tertiary/aromatic N) is 4. The average Bonchev–Trinajstić information content (AvgIpc) is 2.85. The predicted octanol–water partition coefficient (Wildman–Crippen LogP) is 1.63. The van der Waals surface area contributed by atoms with E-state index in [-0.39, 0.29) is 18.0 Å². The van der Waals surface area contributed by atoms with Gasteiger partial charge >= 0.3 is 0 Å². The first kappa shape index (κ1) is 17.1. The second kappa shape index (κ2) is 6.64. The van der Waals surface area contributed by atoms with Crippen molar-refractivity contribution >= 4 is 27.5 Å². The molecule has 3 heterocycles. The molecule has 0 spiro atoms. The highest BCUT2D eigenvalue weighted by atomic mass is 32.1. The molecule has 0 bridgehead atoms. The first-order valence-corrected chi connectivity index (χ1v) is 9.17. The number of piperazine rings is 1. The van der Waals surface area contributed by atoms with Crippen LogP contribution in [0.4, 0.5) is 0 Å². The molecule has 0 atom stereocenters. The predicted molar refractivity (Wildman–Crippen MR) is 96.6 cm³/mol. The summed E-state index contributed by atoms with van der Waals surface area (Å²) in [5, 5.41) is 0.650. The number of rotatable bonds is 3. The van der Waals surface area contributed by atoms with Crippen LogP contribution in [0.1, 0.15) is 24.3 Å². The molecular weight excluding hydrogens is 324 g/mol. The summed E-state index contributed by atoms with van der Waals surface area (Å²) in [6.45, 7) is 11.6. The molecule has 2 aromatic rings. The number of hydrogen-bond acceptors (Lipinski definition) is 5. The average molecular weight is 348 g/mol. The fraction of sp³-hybridized carbons (Fsp3) is 0.588. The third-order valence-electron chi connectivity index (χ3n) is 4.86. The highest BCUT2D eigenvalue weighted by Crippen LogP contribution is 2.25. The zero-order chi connectivity index (χ0) is 17.4. The maximum absolute atomic E-state index is 12.7. The fourth-order valence-electron chi connectivity index (χ4n) is 3.12. The molecule has 0 unspecified atom stereocenters. The van der Waals surface area contributed by atoms with Gasteiger partial charge in [0.25, 0.3) is 5.56 Å². The minimum atomic E-state index is -0.115. The Morgan fingerprint density at radius 2 is 1.92 bits per heavy atom. The standard InChI is InChI=1S/C17H24N4O2S/c1-11(2)19-5-7-20(8-6-19)14(22)9-21-10-18-16-15(17(21)23)12(3)13(4)24-16/h10-11H,5-9H2,1-4H3. The number of amides is 1. The molecule has 1 amide bonds. The molecular formula is C17H24N4O2S. The van der Waals surface area contributed by atoms with Gasteiger partial charge in [0, 0.05) is 37.1 Å². The van der Waals surface area contributed by atoms with Crippen LogP contribution in [-0.2, 0) is 11.3 Å². The molecule has 7 heteroatoms. The lowest BCUT2D eigenvalue weighted by Crippen LogP contribution is -2.51. The third kappa shape index (κ3) is 3.10. The number of thiophene rings is 1. The number of aromatic nitrogens is 2. The molecule has 1 aliphatic rings. The van der Waals surface area contributed by atoms with E-state index in [0.29, 0.717) is 11.4 Å². The van der Waals surface area contributed by atoms with Gasteiger partial charge in [-0.15, -0.1) is 11.3 Å². The first-order valence-electron chi connectivity index (χ1n) is 8.35. The Kier molecular flexibility index (Phi) is 4.73. The van der Waals surface area contributed by atoms with Gasteiger partial charge in [-0.2, -0.15) is 0 Å². The summed E-state index contributed by atoms with van der Waals surface area (Å²) in [6, 6.07) is 0.501. The molecule has 0 saturated carbocycles. The monoisotopic (exact) mass is 348 g/mol. The highest BCUT2D eigenvalue weighted by Gasteiger charge is 2.23. The minimum absolute atomic E-state index is 0.00809. The Labute approximate surface area is 145 Å². The molecule has 0 aromatic carbocycles. The molecule has 0 radical (unpaired) electrons. The highest BCUT2D eigenvalue weighted by molar-refractivity contribution is 7.18. The van der Waals surface area contributed by atoms with Crippen molar-refractivity contribution in [3.05, 3.63) is 27.1 Å². The van der Waals surface area contributed by atoms with E-state index < -0.39 is 0 Å². The van der Waals surface area contributed by atoms with Gasteiger partial charge in [0.05, 0.1) is 11.7 Å². The van der Waals surface area contributed by atoms with Crippen LogP contribution < -0.4 is 5.56 Å². The van der Waals surface area contributed by atoms with Gasteiger partial charge in [-0.05, 0) is 33.3 Å². The van der Waals surface area contributed by atoms with Gasteiger partial charge in [-0.1, -0.05) is 0 Å². The Hall–Kier alpha value is -1.73. The lowest BCUT2D eigenvalue weighted by molar-refractivity contribution is -0.133. The lowest BCUT2D eigenvalue weighted by Gasteiger charge is -2.37. The second-order valence-corrected chi connectivity index (χ2v) is 7.85. The molecule has 1 aliphatic heterocycles. The van der Waals surface area contributed by atoms with E-state index in [1.165, 1.54) is 22.2 Å². The van der Waals surface area contributed by atoms with Gasteiger partial charge in [0.1, 0.15) is 11.4 Å². The molecule has 3 rings (SSSR count). The van der Waals surface area contributed by atoms with Crippen LogP contribution >= 0.6 is 11.3 Å². The SMILES string of the molecule is Cc1sc2ncn(CC(=O)N3CCN(C(C)C)CC3)c(=O)c2c1C. The molecule has 1 fully saturated rings.